The molecule has 0 aliphatic carbocycles. The van der Waals surface area contributed by atoms with Crippen LogP contribution >= 0.6 is 0 Å². The summed E-state index contributed by atoms with van der Waals surface area (Å²) in [5.41, 5.74) is 2.19. The summed E-state index contributed by atoms with van der Waals surface area (Å²) in [6.07, 6.45) is 0.656. The molecule has 1 unspecified atom stereocenters. The number of β-amino-alcohol motifs (C(OH)–C–C–N with tert-alkyl or cyclic N) is 1. The second-order valence-electron chi connectivity index (χ2n) is 5.35. The van der Waals surface area contributed by atoms with Crippen LogP contribution in [0.5, 0.6) is 0 Å². The summed E-state index contributed by atoms with van der Waals surface area (Å²) in [4.78, 5) is 14.0. The Morgan fingerprint density at radius 2 is 1.88 bits per heavy atom. The van der Waals surface area contributed by atoms with E-state index in [1.165, 1.54) is 0 Å². The Morgan fingerprint density at radius 3 is 2.35 bits per heavy atom. The lowest BCUT2D eigenvalue weighted by molar-refractivity contribution is 0.0572. The minimum Gasteiger partial charge on any atom is -0.388 e. The fourth-order valence-electron chi connectivity index (χ4n) is 2.40. The van der Waals surface area contributed by atoms with Gasteiger partial charge in [-0.3, -0.25) is 4.79 Å². The average Bonchev–Trinajstić information content (AvgIpc) is 2.56. The van der Waals surface area contributed by atoms with E-state index < -0.39 is 5.60 Å². The number of hydrogen-bond acceptors (Lipinski definition) is 2. The number of aliphatic hydroxyl groups is 1. The lowest BCUT2D eigenvalue weighted by Crippen LogP contribution is -2.33. The minimum atomic E-state index is -0.728. The van der Waals surface area contributed by atoms with Gasteiger partial charge in [-0.25, -0.2) is 0 Å². The number of carbonyl (C=O) groups is 1. The maximum absolute atomic E-state index is 12.3. The molecule has 17 heavy (non-hydrogen) atoms. The summed E-state index contributed by atoms with van der Waals surface area (Å²) >= 11 is 0. The second-order valence-corrected chi connectivity index (χ2v) is 5.35. The van der Waals surface area contributed by atoms with E-state index in [1.807, 2.05) is 26.0 Å². The van der Waals surface area contributed by atoms with Gasteiger partial charge in [0.15, 0.2) is 0 Å². The first-order chi connectivity index (χ1) is 7.87. The molecule has 0 bridgehead atoms. The van der Waals surface area contributed by atoms with Crippen molar-refractivity contribution in [1.82, 2.24) is 4.90 Å². The van der Waals surface area contributed by atoms with Gasteiger partial charge in [0.25, 0.3) is 5.91 Å². The van der Waals surface area contributed by atoms with Crippen molar-refractivity contribution in [1.29, 1.82) is 0 Å². The van der Waals surface area contributed by atoms with E-state index in [1.54, 1.807) is 11.8 Å². The third kappa shape index (κ3) is 2.67. The Kier molecular flexibility index (Phi) is 2.96. The largest absolute Gasteiger partial charge is 0.388 e. The maximum Gasteiger partial charge on any atom is 0.253 e. The molecule has 0 saturated carbocycles. The first-order valence-corrected chi connectivity index (χ1v) is 5.97. The summed E-state index contributed by atoms with van der Waals surface area (Å²) < 4.78 is 0. The number of nitrogens with zero attached hydrogens (tertiary/aromatic N) is 1. The molecule has 1 N–H and O–H groups in total. The smallest absolute Gasteiger partial charge is 0.253 e. The molecule has 1 aliphatic rings. The number of benzene rings is 1. The average molecular weight is 233 g/mol. The Hall–Kier alpha value is -1.35. The van der Waals surface area contributed by atoms with E-state index in [-0.39, 0.29) is 5.91 Å². The van der Waals surface area contributed by atoms with Crippen LogP contribution < -0.4 is 0 Å². The Bertz CT molecular complexity index is 431. The standard InChI is InChI=1S/C14H19NO2/c1-10-6-11(2)8-12(7-10)13(16)15-5-4-14(3,17)9-15/h6-8,17H,4-5,9H2,1-3H3. The number of likely N-dealkylation sites (tertiary alicyclic amines) is 1. The molecule has 92 valence electrons. The van der Waals surface area contributed by atoms with Gasteiger partial charge in [-0.1, -0.05) is 17.2 Å². The zero-order valence-electron chi connectivity index (χ0n) is 10.7. The van der Waals surface area contributed by atoms with E-state index in [4.69, 9.17) is 0 Å². The molecule has 1 aromatic carbocycles. The van der Waals surface area contributed by atoms with Crippen molar-refractivity contribution >= 4 is 5.91 Å². The third-order valence-electron chi connectivity index (χ3n) is 3.21. The van der Waals surface area contributed by atoms with E-state index in [9.17, 15) is 9.90 Å². The van der Waals surface area contributed by atoms with Crippen LogP contribution in [0, 0.1) is 13.8 Å². The van der Waals surface area contributed by atoms with Gasteiger partial charge in [-0.15, -0.1) is 0 Å². The van der Waals surface area contributed by atoms with Crippen LogP contribution in [-0.2, 0) is 0 Å². The molecule has 1 fully saturated rings. The summed E-state index contributed by atoms with van der Waals surface area (Å²) in [5, 5.41) is 9.88. The van der Waals surface area contributed by atoms with Crippen molar-refractivity contribution in [3.8, 4) is 0 Å². The van der Waals surface area contributed by atoms with E-state index >= 15 is 0 Å². The minimum absolute atomic E-state index is 0.0228. The highest BCUT2D eigenvalue weighted by molar-refractivity contribution is 5.94. The molecule has 1 aromatic rings. The number of amides is 1. The SMILES string of the molecule is Cc1cc(C)cc(C(=O)N2CCC(C)(O)C2)c1. The maximum atomic E-state index is 12.3. The lowest BCUT2D eigenvalue weighted by Gasteiger charge is -2.19. The summed E-state index contributed by atoms with van der Waals surface area (Å²) in [6.45, 7) is 6.83. The van der Waals surface area contributed by atoms with Crippen LogP contribution in [-0.4, -0.2) is 34.6 Å². The van der Waals surface area contributed by atoms with Gasteiger partial charge in [-0.2, -0.15) is 0 Å². The highest BCUT2D eigenvalue weighted by atomic mass is 16.3. The van der Waals surface area contributed by atoms with Gasteiger partial charge in [-0.05, 0) is 39.3 Å². The zero-order chi connectivity index (χ0) is 12.6. The molecule has 1 heterocycles. The molecule has 3 nitrogen and oxygen atoms in total. The van der Waals surface area contributed by atoms with Crippen molar-refractivity contribution in [2.45, 2.75) is 32.8 Å². The van der Waals surface area contributed by atoms with Crippen LogP contribution in [0.4, 0.5) is 0 Å². The second kappa shape index (κ2) is 4.15. The molecule has 2 rings (SSSR count). The van der Waals surface area contributed by atoms with Crippen LogP contribution in [0.25, 0.3) is 0 Å². The van der Waals surface area contributed by atoms with Gasteiger partial charge in [0.2, 0.25) is 0 Å². The molecule has 1 saturated heterocycles. The summed E-state index contributed by atoms with van der Waals surface area (Å²) in [6, 6.07) is 5.86. The molecule has 1 atom stereocenters. The van der Waals surface area contributed by atoms with Crippen molar-refractivity contribution in [3.63, 3.8) is 0 Å². The first-order valence-electron chi connectivity index (χ1n) is 5.97. The molecule has 0 spiro atoms. The van der Waals surface area contributed by atoms with E-state index in [2.05, 4.69) is 6.07 Å². The number of rotatable bonds is 1. The fraction of sp³-hybridized carbons (Fsp3) is 0.500. The van der Waals surface area contributed by atoms with E-state index in [0.717, 1.165) is 16.7 Å². The zero-order valence-corrected chi connectivity index (χ0v) is 10.7. The monoisotopic (exact) mass is 233 g/mol. The molecular weight excluding hydrogens is 214 g/mol. The number of hydrogen-bond donors (Lipinski definition) is 1. The number of carbonyl (C=O) groups excluding carboxylic acids is 1. The highest BCUT2D eigenvalue weighted by Crippen LogP contribution is 2.22. The van der Waals surface area contributed by atoms with Crippen LogP contribution in [0.1, 0.15) is 34.8 Å². The first kappa shape index (κ1) is 12.1. The Balaban J connectivity index is 2.20. The highest BCUT2D eigenvalue weighted by Gasteiger charge is 2.34. The van der Waals surface area contributed by atoms with Gasteiger partial charge in [0.05, 0.1) is 5.60 Å². The van der Waals surface area contributed by atoms with Crippen LogP contribution in [0.2, 0.25) is 0 Å². The molecule has 0 aromatic heterocycles. The normalized spacial score (nSPS) is 24.1. The quantitative estimate of drug-likeness (QED) is 0.804. The molecule has 3 heteroatoms. The van der Waals surface area contributed by atoms with Gasteiger partial charge in [0.1, 0.15) is 0 Å². The molecule has 0 radical (unpaired) electrons. The van der Waals surface area contributed by atoms with Crippen LogP contribution in [0.15, 0.2) is 18.2 Å². The predicted octanol–water partition coefficient (Wildman–Crippen LogP) is 1.90. The van der Waals surface area contributed by atoms with Crippen LogP contribution in [0.3, 0.4) is 0 Å². The van der Waals surface area contributed by atoms with E-state index in [0.29, 0.717) is 19.5 Å². The van der Waals surface area contributed by atoms with Gasteiger partial charge in [0, 0.05) is 18.7 Å². The topological polar surface area (TPSA) is 40.5 Å². The number of aryl methyl sites for hydroxylation is 2. The van der Waals surface area contributed by atoms with Gasteiger partial charge >= 0.3 is 0 Å². The van der Waals surface area contributed by atoms with Crippen molar-refractivity contribution < 1.29 is 9.90 Å². The van der Waals surface area contributed by atoms with Crippen molar-refractivity contribution in [2.75, 3.05) is 13.1 Å². The Labute approximate surface area is 102 Å². The summed E-state index contributed by atoms with van der Waals surface area (Å²) in [5.74, 6) is 0.0228. The molecule has 1 amide bonds. The third-order valence-corrected chi connectivity index (χ3v) is 3.21. The van der Waals surface area contributed by atoms with Gasteiger partial charge < -0.3 is 10.0 Å². The molecular formula is C14H19NO2. The summed E-state index contributed by atoms with van der Waals surface area (Å²) in [7, 11) is 0. The van der Waals surface area contributed by atoms with Crippen molar-refractivity contribution in [2.24, 2.45) is 0 Å². The Morgan fingerprint density at radius 1 is 1.29 bits per heavy atom. The van der Waals surface area contributed by atoms with Crippen molar-refractivity contribution in [3.05, 3.63) is 34.9 Å². The predicted molar refractivity (Wildman–Crippen MR) is 67.1 cm³/mol. The fourth-order valence-corrected chi connectivity index (χ4v) is 2.40. The lowest BCUT2D eigenvalue weighted by atomic mass is 10.1. The molecule has 1 aliphatic heterocycles.